The Bertz CT molecular complexity index is 1110. The van der Waals surface area contributed by atoms with E-state index in [9.17, 15) is 13.2 Å². The summed E-state index contributed by atoms with van der Waals surface area (Å²) in [6.07, 6.45) is 4.66. The molecule has 0 spiro atoms. The molecule has 0 saturated carbocycles. The highest BCUT2D eigenvalue weighted by molar-refractivity contribution is 7.92. The first-order chi connectivity index (χ1) is 15.3. The van der Waals surface area contributed by atoms with Crippen molar-refractivity contribution in [2.24, 2.45) is 0 Å². The molecular weight excluding hydrogens is 452 g/mol. The van der Waals surface area contributed by atoms with E-state index in [-0.39, 0.29) is 19.0 Å². The number of hydrogen-bond donors (Lipinski definition) is 0. The van der Waals surface area contributed by atoms with Crippen LogP contribution >= 0.6 is 11.6 Å². The van der Waals surface area contributed by atoms with Gasteiger partial charge in [0.05, 0.1) is 19.2 Å². The van der Waals surface area contributed by atoms with Crippen LogP contribution in [0.15, 0.2) is 53.9 Å². The Kier molecular flexibility index (Phi) is 7.95. The van der Waals surface area contributed by atoms with Gasteiger partial charge in [-0.3, -0.25) is 4.79 Å². The lowest BCUT2D eigenvalue weighted by molar-refractivity contribution is -0.127. The molecule has 0 bridgehead atoms. The summed E-state index contributed by atoms with van der Waals surface area (Å²) in [7, 11) is -0.539. The molecule has 0 radical (unpaired) electrons. The molecule has 1 aliphatic rings. The number of halogens is 1. The molecule has 3 rings (SSSR count). The number of amides is 1. The number of sulfonamides is 1. The van der Waals surface area contributed by atoms with Crippen molar-refractivity contribution in [2.45, 2.75) is 0 Å². The maximum absolute atomic E-state index is 12.6. The van der Waals surface area contributed by atoms with Gasteiger partial charge in [0.25, 0.3) is 0 Å². The number of methoxy groups -OCH3 is 2. The van der Waals surface area contributed by atoms with E-state index in [0.29, 0.717) is 35.2 Å². The van der Waals surface area contributed by atoms with E-state index < -0.39 is 10.0 Å². The van der Waals surface area contributed by atoms with Gasteiger partial charge in [-0.1, -0.05) is 41.9 Å². The van der Waals surface area contributed by atoms with Crippen LogP contribution < -0.4 is 9.47 Å². The van der Waals surface area contributed by atoms with Crippen molar-refractivity contribution >= 4 is 39.7 Å². The second-order valence-electron chi connectivity index (χ2n) is 7.05. The average Bonchev–Trinajstić information content (AvgIpc) is 2.81. The second-order valence-corrected chi connectivity index (χ2v) is 9.28. The first-order valence-corrected chi connectivity index (χ1v) is 11.8. The van der Waals surface area contributed by atoms with E-state index in [1.165, 1.54) is 30.0 Å². The van der Waals surface area contributed by atoms with Crippen LogP contribution in [0, 0.1) is 0 Å². The Morgan fingerprint density at radius 1 is 0.969 bits per heavy atom. The average molecular weight is 477 g/mol. The van der Waals surface area contributed by atoms with Crippen LogP contribution in [-0.2, 0) is 14.8 Å². The Balaban J connectivity index is 1.60. The molecule has 1 aliphatic heterocycles. The quantitative estimate of drug-likeness (QED) is 0.571. The summed E-state index contributed by atoms with van der Waals surface area (Å²) >= 11 is 6.20. The molecule has 0 unspecified atom stereocenters. The van der Waals surface area contributed by atoms with Gasteiger partial charge in [-0.05, 0) is 35.4 Å². The third-order valence-corrected chi connectivity index (χ3v) is 6.86. The van der Waals surface area contributed by atoms with Crippen LogP contribution in [0.2, 0.25) is 5.02 Å². The number of rotatable bonds is 7. The van der Waals surface area contributed by atoms with Crippen molar-refractivity contribution in [3.63, 3.8) is 0 Å². The lowest BCUT2D eigenvalue weighted by Gasteiger charge is -2.32. The van der Waals surface area contributed by atoms with Crippen molar-refractivity contribution in [2.75, 3.05) is 40.4 Å². The van der Waals surface area contributed by atoms with Gasteiger partial charge in [-0.2, -0.15) is 4.31 Å². The molecule has 170 valence electrons. The summed E-state index contributed by atoms with van der Waals surface area (Å²) in [6, 6.07) is 12.6. The number of carbonyl (C=O) groups excluding carboxylic acids is 1. The van der Waals surface area contributed by atoms with E-state index >= 15 is 0 Å². The van der Waals surface area contributed by atoms with Gasteiger partial charge >= 0.3 is 0 Å². The fourth-order valence-electron chi connectivity index (χ4n) is 3.28. The smallest absolute Gasteiger partial charge is 0.246 e. The van der Waals surface area contributed by atoms with Gasteiger partial charge in [0, 0.05) is 37.7 Å². The normalized spacial score (nSPS) is 15.4. The van der Waals surface area contributed by atoms with Crippen molar-refractivity contribution < 1.29 is 22.7 Å². The third-order valence-electron chi connectivity index (χ3n) is 5.02. The topological polar surface area (TPSA) is 76.2 Å². The van der Waals surface area contributed by atoms with Crippen LogP contribution in [0.4, 0.5) is 0 Å². The van der Waals surface area contributed by atoms with Gasteiger partial charge in [0.15, 0.2) is 11.5 Å². The first-order valence-electron chi connectivity index (χ1n) is 9.96. The van der Waals surface area contributed by atoms with Crippen LogP contribution in [-0.4, -0.2) is 63.9 Å². The summed E-state index contributed by atoms with van der Waals surface area (Å²) in [5.74, 6) is 0.693. The molecule has 2 aromatic carbocycles. The predicted octanol–water partition coefficient (Wildman–Crippen LogP) is 3.52. The SMILES string of the molecule is COc1cc(C=CC(=O)N2CCN(S(=O)(=O)C=Cc3ccccc3)CC2)cc(Cl)c1OC. The minimum atomic E-state index is -3.55. The standard InChI is InChI=1S/C23H25ClN2O5S/c1-30-21-17-19(16-20(24)23(21)31-2)8-9-22(27)25-11-13-26(14-12-25)32(28,29)15-10-18-6-4-3-5-7-18/h3-10,15-17H,11-14H2,1-2H3. The predicted molar refractivity (Wildman–Crippen MR) is 126 cm³/mol. The molecule has 32 heavy (non-hydrogen) atoms. The monoisotopic (exact) mass is 476 g/mol. The highest BCUT2D eigenvalue weighted by Gasteiger charge is 2.26. The molecular formula is C23H25ClN2O5S. The lowest BCUT2D eigenvalue weighted by atomic mass is 10.1. The summed E-state index contributed by atoms with van der Waals surface area (Å²) in [5.41, 5.74) is 1.50. The van der Waals surface area contributed by atoms with Gasteiger partial charge in [0.1, 0.15) is 0 Å². The molecule has 0 atom stereocenters. The summed E-state index contributed by atoms with van der Waals surface area (Å²) in [4.78, 5) is 14.2. The second kappa shape index (κ2) is 10.7. The highest BCUT2D eigenvalue weighted by Crippen LogP contribution is 2.36. The largest absolute Gasteiger partial charge is 0.493 e. The molecule has 2 aromatic rings. The molecule has 1 heterocycles. The Morgan fingerprint density at radius 2 is 1.66 bits per heavy atom. The van der Waals surface area contributed by atoms with Crippen LogP contribution in [0.1, 0.15) is 11.1 Å². The summed E-state index contributed by atoms with van der Waals surface area (Å²) in [6.45, 7) is 1.11. The van der Waals surface area contributed by atoms with Crippen LogP contribution in [0.5, 0.6) is 11.5 Å². The number of ether oxygens (including phenoxy) is 2. The zero-order chi connectivity index (χ0) is 23.1. The van der Waals surface area contributed by atoms with Gasteiger partial charge in [0.2, 0.25) is 15.9 Å². The van der Waals surface area contributed by atoms with Crippen molar-refractivity contribution in [3.05, 3.63) is 70.1 Å². The number of piperazine rings is 1. The third kappa shape index (κ3) is 5.91. The van der Waals surface area contributed by atoms with E-state index in [1.807, 2.05) is 30.3 Å². The van der Waals surface area contributed by atoms with Gasteiger partial charge < -0.3 is 14.4 Å². The van der Waals surface area contributed by atoms with E-state index in [0.717, 1.165) is 5.56 Å². The van der Waals surface area contributed by atoms with Gasteiger partial charge in [-0.15, -0.1) is 0 Å². The molecule has 0 aliphatic carbocycles. The molecule has 1 fully saturated rings. The van der Waals surface area contributed by atoms with Crippen molar-refractivity contribution in [1.82, 2.24) is 9.21 Å². The number of carbonyl (C=O) groups is 1. The zero-order valence-electron chi connectivity index (χ0n) is 17.9. The summed E-state index contributed by atoms with van der Waals surface area (Å²) < 4.78 is 37.0. The number of nitrogens with zero attached hydrogens (tertiary/aromatic N) is 2. The Hall–Kier alpha value is -2.81. The Morgan fingerprint density at radius 3 is 2.28 bits per heavy atom. The number of hydrogen-bond acceptors (Lipinski definition) is 5. The van der Waals surface area contributed by atoms with Crippen molar-refractivity contribution in [3.8, 4) is 11.5 Å². The van der Waals surface area contributed by atoms with E-state index in [2.05, 4.69) is 0 Å². The fraction of sp³-hybridized carbons (Fsp3) is 0.261. The van der Waals surface area contributed by atoms with Crippen molar-refractivity contribution in [1.29, 1.82) is 0 Å². The molecule has 1 amide bonds. The fourth-order valence-corrected chi connectivity index (χ4v) is 4.75. The molecule has 9 heteroatoms. The number of benzene rings is 2. The molecule has 1 saturated heterocycles. The van der Waals surface area contributed by atoms with E-state index in [4.69, 9.17) is 21.1 Å². The van der Waals surface area contributed by atoms with Crippen LogP contribution in [0.25, 0.3) is 12.2 Å². The molecule has 0 aromatic heterocycles. The maximum Gasteiger partial charge on any atom is 0.246 e. The molecule has 7 nitrogen and oxygen atoms in total. The lowest BCUT2D eigenvalue weighted by Crippen LogP contribution is -2.49. The molecule has 0 N–H and O–H groups in total. The van der Waals surface area contributed by atoms with Crippen LogP contribution in [0.3, 0.4) is 0 Å². The van der Waals surface area contributed by atoms with E-state index in [1.54, 1.807) is 29.2 Å². The minimum Gasteiger partial charge on any atom is -0.493 e. The van der Waals surface area contributed by atoms with Gasteiger partial charge in [-0.25, -0.2) is 8.42 Å². The first kappa shape index (κ1) is 23.8. The maximum atomic E-state index is 12.6. The highest BCUT2D eigenvalue weighted by atomic mass is 35.5. The Labute approximate surface area is 193 Å². The minimum absolute atomic E-state index is 0.201. The summed E-state index contributed by atoms with van der Waals surface area (Å²) in [5, 5.41) is 1.59. The zero-order valence-corrected chi connectivity index (χ0v) is 19.5.